The van der Waals surface area contributed by atoms with E-state index in [1.165, 1.54) is 16.5 Å². The minimum absolute atomic E-state index is 0.773. The van der Waals surface area contributed by atoms with Gasteiger partial charge < -0.3 is 9.88 Å². The fourth-order valence-corrected chi connectivity index (χ4v) is 2.92. The summed E-state index contributed by atoms with van der Waals surface area (Å²) in [5, 5.41) is 1.27. The zero-order valence-electron chi connectivity index (χ0n) is 13.3. The van der Waals surface area contributed by atoms with Crippen molar-refractivity contribution in [3.63, 3.8) is 0 Å². The van der Waals surface area contributed by atoms with Crippen molar-refractivity contribution in [2.24, 2.45) is 0 Å². The van der Waals surface area contributed by atoms with Gasteiger partial charge in [0.15, 0.2) is 5.65 Å². The summed E-state index contributed by atoms with van der Waals surface area (Å²) in [5.41, 5.74) is 5.42. The highest BCUT2D eigenvalue weighted by Gasteiger charge is 2.09. The van der Waals surface area contributed by atoms with Gasteiger partial charge in [0, 0.05) is 35.5 Å². The Morgan fingerprint density at radius 1 is 1.17 bits per heavy atom. The second-order valence-corrected chi connectivity index (χ2v) is 6.06. The molecule has 3 aromatic heterocycles. The lowest BCUT2D eigenvalue weighted by Gasteiger charge is -2.09. The van der Waals surface area contributed by atoms with Crippen molar-refractivity contribution >= 4 is 22.1 Å². The van der Waals surface area contributed by atoms with Crippen LogP contribution in [0.2, 0.25) is 0 Å². The van der Waals surface area contributed by atoms with E-state index in [0.717, 1.165) is 29.8 Å². The van der Waals surface area contributed by atoms with Gasteiger partial charge in [-0.1, -0.05) is 0 Å². The maximum Gasteiger partial charge on any atom is 0.177 e. The van der Waals surface area contributed by atoms with E-state index in [1.54, 1.807) is 6.20 Å². The van der Waals surface area contributed by atoms with E-state index >= 15 is 0 Å². The SMILES string of the molecule is CN(C)CCc1c[nH]c2ccc(-n3cnc4ncccc43)cc12. The molecule has 0 aliphatic heterocycles. The van der Waals surface area contributed by atoms with Crippen LogP contribution in [0.3, 0.4) is 0 Å². The average molecular weight is 305 g/mol. The second kappa shape index (κ2) is 5.52. The van der Waals surface area contributed by atoms with Crippen LogP contribution in [-0.2, 0) is 6.42 Å². The first-order chi connectivity index (χ1) is 11.2. The van der Waals surface area contributed by atoms with Crippen LogP contribution >= 0.6 is 0 Å². The van der Waals surface area contributed by atoms with Gasteiger partial charge in [-0.15, -0.1) is 0 Å². The van der Waals surface area contributed by atoms with Crippen LogP contribution in [0, 0.1) is 0 Å². The molecule has 4 aromatic rings. The first kappa shape index (κ1) is 14.0. The van der Waals surface area contributed by atoms with E-state index in [-0.39, 0.29) is 0 Å². The fourth-order valence-electron chi connectivity index (χ4n) is 2.92. The lowest BCUT2D eigenvalue weighted by molar-refractivity contribution is 0.414. The third-order valence-electron chi connectivity index (χ3n) is 4.18. The largest absolute Gasteiger partial charge is 0.361 e. The molecule has 0 aliphatic carbocycles. The Labute approximate surface area is 134 Å². The standard InChI is InChI=1S/C18H19N5/c1-22(2)9-7-13-11-20-16-6-5-14(10-15(13)16)23-12-21-18-17(23)4-3-8-19-18/h3-6,8,10-12,20H,7,9H2,1-2H3. The van der Waals surface area contributed by atoms with Gasteiger partial charge in [0.2, 0.25) is 0 Å². The van der Waals surface area contributed by atoms with Crippen LogP contribution in [0.4, 0.5) is 0 Å². The number of hydrogen-bond acceptors (Lipinski definition) is 3. The van der Waals surface area contributed by atoms with Crippen molar-refractivity contribution in [3.05, 3.63) is 54.6 Å². The van der Waals surface area contributed by atoms with E-state index in [1.807, 2.05) is 18.5 Å². The highest BCUT2D eigenvalue weighted by molar-refractivity contribution is 5.86. The van der Waals surface area contributed by atoms with Gasteiger partial charge in [-0.3, -0.25) is 4.57 Å². The molecular formula is C18H19N5. The predicted octanol–water partition coefficient (Wildman–Crippen LogP) is 3.01. The Balaban J connectivity index is 1.80. The Bertz CT molecular complexity index is 964. The molecule has 116 valence electrons. The predicted molar refractivity (Wildman–Crippen MR) is 93.0 cm³/mol. The molecule has 0 atom stereocenters. The van der Waals surface area contributed by atoms with Crippen LogP contribution in [0.5, 0.6) is 0 Å². The number of hydrogen-bond donors (Lipinski definition) is 1. The van der Waals surface area contributed by atoms with Gasteiger partial charge in [-0.25, -0.2) is 9.97 Å². The fraction of sp³-hybridized carbons (Fsp3) is 0.222. The third kappa shape index (κ3) is 2.49. The Morgan fingerprint density at radius 3 is 2.96 bits per heavy atom. The van der Waals surface area contributed by atoms with Crippen molar-refractivity contribution in [1.29, 1.82) is 0 Å². The van der Waals surface area contributed by atoms with Crippen molar-refractivity contribution in [1.82, 2.24) is 24.4 Å². The number of likely N-dealkylation sites (N-methyl/N-ethyl adjacent to an activating group) is 1. The highest BCUT2D eigenvalue weighted by atomic mass is 15.1. The number of aromatic amines is 1. The van der Waals surface area contributed by atoms with Gasteiger partial charge in [0.05, 0.1) is 5.52 Å². The van der Waals surface area contributed by atoms with E-state index in [4.69, 9.17) is 0 Å². The van der Waals surface area contributed by atoms with E-state index in [9.17, 15) is 0 Å². The number of nitrogens with one attached hydrogen (secondary N) is 1. The summed E-state index contributed by atoms with van der Waals surface area (Å²) in [7, 11) is 4.20. The third-order valence-corrected chi connectivity index (χ3v) is 4.18. The highest BCUT2D eigenvalue weighted by Crippen LogP contribution is 2.24. The molecule has 0 saturated heterocycles. The summed E-state index contributed by atoms with van der Waals surface area (Å²) in [6, 6.07) is 10.5. The Kier molecular flexibility index (Phi) is 3.35. The maximum absolute atomic E-state index is 4.38. The minimum atomic E-state index is 0.773. The molecule has 1 N–H and O–H groups in total. The molecule has 0 bridgehead atoms. The zero-order chi connectivity index (χ0) is 15.8. The Morgan fingerprint density at radius 2 is 2.09 bits per heavy atom. The van der Waals surface area contributed by atoms with E-state index in [0.29, 0.717) is 0 Å². The lowest BCUT2D eigenvalue weighted by Crippen LogP contribution is -2.14. The number of imidazole rings is 1. The number of benzene rings is 1. The molecule has 23 heavy (non-hydrogen) atoms. The van der Waals surface area contributed by atoms with Crippen LogP contribution in [-0.4, -0.2) is 45.1 Å². The summed E-state index contributed by atoms with van der Waals surface area (Å²) in [5.74, 6) is 0. The molecule has 0 amide bonds. The first-order valence-electron chi connectivity index (χ1n) is 7.75. The minimum Gasteiger partial charge on any atom is -0.361 e. The van der Waals surface area contributed by atoms with Gasteiger partial charge in [0.1, 0.15) is 6.33 Å². The molecule has 3 heterocycles. The smallest absolute Gasteiger partial charge is 0.177 e. The molecule has 5 nitrogen and oxygen atoms in total. The maximum atomic E-state index is 4.38. The molecule has 0 unspecified atom stereocenters. The van der Waals surface area contributed by atoms with E-state index in [2.05, 4.69) is 62.9 Å². The Hall–Kier alpha value is -2.66. The summed E-state index contributed by atoms with van der Waals surface area (Å²) in [4.78, 5) is 14.3. The summed E-state index contributed by atoms with van der Waals surface area (Å²) < 4.78 is 2.09. The van der Waals surface area contributed by atoms with Crippen molar-refractivity contribution in [3.8, 4) is 5.69 Å². The van der Waals surface area contributed by atoms with E-state index < -0.39 is 0 Å². The zero-order valence-corrected chi connectivity index (χ0v) is 13.3. The van der Waals surface area contributed by atoms with Crippen LogP contribution in [0.25, 0.3) is 27.8 Å². The molecule has 1 aromatic carbocycles. The number of aromatic nitrogens is 4. The van der Waals surface area contributed by atoms with Crippen molar-refractivity contribution in [2.45, 2.75) is 6.42 Å². The molecule has 0 spiro atoms. The molecule has 0 radical (unpaired) electrons. The summed E-state index contributed by atoms with van der Waals surface area (Å²) >= 11 is 0. The van der Waals surface area contributed by atoms with Gasteiger partial charge in [0.25, 0.3) is 0 Å². The summed E-state index contributed by atoms with van der Waals surface area (Å²) in [6.07, 6.45) is 6.76. The summed E-state index contributed by atoms with van der Waals surface area (Å²) in [6.45, 7) is 1.04. The molecule has 5 heteroatoms. The molecule has 0 aliphatic rings. The monoisotopic (exact) mass is 305 g/mol. The average Bonchev–Trinajstić information content (AvgIpc) is 3.16. The van der Waals surface area contributed by atoms with Gasteiger partial charge in [-0.2, -0.15) is 0 Å². The van der Waals surface area contributed by atoms with Gasteiger partial charge >= 0.3 is 0 Å². The lowest BCUT2D eigenvalue weighted by atomic mass is 10.1. The van der Waals surface area contributed by atoms with Crippen LogP contribution < -0.4 is 0 Å². The number of H-pyrrole nitrogens is 1. The number of rotatable bonds is 4. The normalized spacial score (nSPS) is 11.8. The topological polar surface area (TPSA) is 49.7 Å². The molecule has 0 saturated carbocycles. The van der Waals surface area contributed by atoms with Gasteiger partial charge in [-0.05, 0) is 56.4 Å². The first-order valence-corrected chi connectivity index (χ1v) is 7.75. The molecule has 4 rings (SSSR count). The van der Waals surface area contributed by atoms with Crippen molar-refractivity contribution < 1.29 is 0 Å². The number of fused-ring (bicyclic) bond motifs is 2. The number of nitrogens with zero attached hydrogens (tertiary/aromatic N) is 4. The van der Waals surface area contributed by atoms with Crippen molar-refractivity contribution in [2.75, 3.05) is 20.6 Å². The quantitative estimate of drug-likeness (QED) is 0.630. The second-order valence-electron chi connectivity index (χ2n) is 6.06. The number of pyridine rings is 1. The van der Waals surface area contributed by atoms with Crippen LogP contribution in [0.15, 0.2) is 49.1 Å². The molecular weight excluding hydrogens is 286 g/mol. The molecule has 0 fully saturated rings. The van der Waals surface area contributed by atoms with Crippen LogP contribution in [0.1, 0.15) is 5.56 Å².